The van der Waals surface area contributed by atoms with E-state index in [0.29, 0.717) is 11.5 Å². The van der Waals surface area contributed by atoms with Gasteiger partial charge in [-0.15, -0.1) is 0 Å². The average molecular weight is 250 g/mol. The lowest BCUT2D eigenvalue weighted by Gasteiger charge is -2.33. The molecule has 2 rings (SSSR count). The van der Waals surface area contributed by atoms with Crippen molar-refractivity contribution in [3.8, 4) is 0 Å². The van der Waals surface area contributed by atoms with Crippen LogP contribution in [-0.4, -0.2) is 12.7 Å². The minimum Gasteiger partial charge on any atom is -0.374 e. The highest BCUT2D eigenvalue weighted by Crippen LogP contribution is 2.45. The minimum absolute atomic E-state index is 0.359. The van der Waals surface area contributed by atoms with Gasteiger partial charge in [0.1, 0.15) is 0 Å². The Hall–Kier alpha value is -0.560. The van der Waals surface area contributed by atoms with Gasteiger partial charge in [-0.2, -0.15) is 0 Å². The molecule has 1 heterocycles. The Labute approximate surface area is 113 Å². The molecule has 0 radical (unpaired) electrons. The Bertz CT molecular complexity index is 323. The van der Waals surface area contributed by atoms with E-state index in [1.807, 2.05) is 13.8 Å². The summed E-state index contributed by atoms with van der Waals surface area (Å²) in [5, 5.41) is 0. The van der Waals surface area contributed by atoms with Crippen molar-refractivity contribution in [3.63, 3.8) is 0 Å². The molecule has 0 aromatic carbocycles. The van der Waals surface area contributed by atoms with Crippen LogP contribution in [0.1, 0.15) is 60.8 Å². The third-order valence-electron chi connectivity index (χ3n) is 4.56. The van der Waals surface area contributed by atoms with E-state index < -0.39 is 0 Å². The predicted octanol–water partition coefficient (Wildman–Crippen LogP) is 5.13. The molecule has 1 aliphatic heterocycles. The van der Waals surface area contributed by atoms with Gasteiger partial charge in [0.05, 0.1) is 12.7 Å². The predicted molar refractivity (Wildman–Crippen MR) is 79.7 cm³/mol. The molecule has 0 aromatic rings. The summed E-state index contributed by atoms with van der Waals surface area (Å²) in [4.78, 5) is 0. The fraction of sp³-hybridized carbons (Fsp3) is 0.765. The lowest BCUT2D eigenvalue weighted by Crippen LogP contribution is -2.27. The fourth-order valence-corrected chi connectivity index (χ4v) is 2.83. The summed E-state index contributed by atoms with van der Waals surface area (Å²) in [7, 11) is 0. The number of hydrogen-bond acceptors (Lipinski definition) is 1. The summed E-state index contributed by atoms with van der Waals surface area (Å²) in [6.45, 7) is 14.1. The maximum atomic E-state index is 5.84. The van der Waals surface area contributed by atoms with E-state index in [-0.39, 0.29) is 0 Å². The summed E-state index contributed by atoms with van der Waals surface area (Å²) in [5.74, 6) is 0.750. The monoisotopic (exact) mass is 250 g/mol. The van der Waals surface area contributed by atoms with Crippen molar-refractivity contribution in [3.05, 3.63) is 23.3 Å². The molecule has 1 aliphatic carbocycles. The molecule has 0 saturated heterocycles. The number of hydrogen-bond donors (Lipinski definition) is 0. The van der Waals surface area contributed by atoms with Crippen LogP contribution < -0.4 is 0 Å². The number of allylic oxidation sites excluding steroid dienone is 2. The maximum Gasteiger partial charge on any atom is 0.0761 e. The van der Waals surface area contributed by atoms with E-state index in [0.717, 1.165) is 18.9 Å². The molecular formula is C17H30O. The van der Waals surface area contributed by atoms with Crippen LogP contribution >= 0.6 is 0 Å². The zero-order valence-electron chi connectivity index (χ0n) is 13.0. The van der Waals surface area contributed by atoms with Crippen LogP contribution in [0.2, 0.25) is 0 Å². The van der Waals surface area contributed by atoms with Crippen LogP contribution in [0.25, 0.3) is 0 Å². The highest BCUT2D eigenvalue weighted by Gasteiger charge is 2.36. The molecule has 0 aromatic heterocycles. The average Bonchev–Trinajstić information content (AvgIpc) is 2.59. The second-order valence-corrected chi connectivity index (χ2v) is 5.95. The zero-order chi connectivity index (χ0) is 13.8. The summed E-state index contributed by atoms with van der Waals surface area (Å²) >= 11 is 0. The molecule has 0 N–H and O–H groups in total. The first kappa shape index (κ1) is 15.5. The third-order valence-corrected chi connectivity index (χ3v) is 4.56. The van der Waals surface area contributed by atoms with Crippen molar-refractivity contribution < 1.29 is 4.74 Å². The SMILES string of the molecule is CC.CC1=CC(CC2CC=C(C)C2(C)C)OCC1. The highest BCUT2D eigenvalue weighted by molar-refractivity contribution is 5.19. The molecule has 2 unspecified atom stereocenters. The Morgan fingerprint density at radius 2 is 1.94 bits per heavy atom. The normalized spacial score (nSPS) is 30.1. The van der Waals surface area contributed by atoms with Gasteiger partial charge in [0, 0.05) is 0 Å². The quantitative estimate of drug-likeness (QED) is 0.617. The summed E-state index contributed by atoms with van der Waals surface area (Å²) in [6, 6.07) is 0. The summed E-state index contributed by atoms with van der Waals surface area (Å²) < 4.78 is 5.84. The van der Waals surface area contributed by atoms with Crippen molar-refractivity contribution >= 4 is 0 Å². The Kier molecular flexibility index (Phi) is 5.65. The third kappa shape index (κ3) is 3.47. The summed E-state index contributed by atoms with van der Waals surface area (Å²) in [6.07, 6.45) is 8.61. The van der Waals surface area contributed by atoms with E-state index in [1.165, 1.54) is 18.4 Å². The molecule has 0 spiro atoms. The molecule has 18 heavy (non-hydrogen) atoms. The van der Waals surface area contributed by atoms with Crippen molar-refractivity contribution in [1.29, 1.82) is 0 Å². The van der Waals surface area contributed by atoms with Gasteiger partial charge in [-0.3, -0.25) is 0 Å². The first-order chi connectivity index (χ1) is 8.50. The first-order valence-electron chi connectivity index (χ1n) is 7.46. The Morgan fingerprint density at radius 3 is 2.44 bits per heavy atom. The first-order valence-corrected chi connectivity index (χ1v) is 7.46. The molecule has 0 amide bonds. The topological polar surface area (TPSA) is 9.23 Å². The fourth-order valence-electron chi connectivity index (χ4n) is 2.83. The van der Waals surface area contributed by atoms with Crippen molar-refractivity contribution in [2.45, 2.75) is 66.9 Å². The largest absolute Gasteiger partial charge is 0.374 e. The van der Waals surface area contributed by atoms with Crippen LogP contribution in [0.3, 0.4) is 0 Å². The molecule has 1 heteroatoms. The molecule has 104 valence electrons. The number of rotatable bonds is 2. The van der Waals surface area contributed by atoms with Gasteiger partial charge < -0.3 is 4.74 Å². The second-order valence-electron chi connectivity index (χ2n) is 5.95. The molecule has 2 atom stereocenters. The van der Waals surface area contributed by atoms with Gasteiger partial charge in [-0.25, -0.2) is 0 Å². The van der Waals surface area contributed by atoms with Crippen molar-refractivity contribution in [2.24, 2.45) is 11.3 Å². The summed E-state index contributed by atoms with van der Waals surface area (Å²) in [5.41, 5.74) is 3.41. The standard InChI is InChI=1S/C15H24O.C2H6/c1-11-7-8-16-14(9-11)10-13-6-5-12(2)15(13,3)4;1-2/h5,9,13-14H,6-8,10H2,1-4H3;1-2H3. The lowest BCUT2D eigenvalue weighted by molar-refractivity contribution is 0.0488. The van der Waals surface area contributed by atoms with Crippen LogP contribution in [0.4, 0.5) is 0 Å². The minimum atomic E-state index is 0.359. The smallest absolute Gasteiger partial charge is 0.0761 e. The van der Waals surface area contributed by atoms with E-state index in [9.17, 15) is 0 Å². The van der Waals surface area contributed by atoms with Gasteiger partial charge in [0.2, 0.25) is 0 Å². The van der Waals surface area contributed by atoms with E-state index in [2.05, 4.69) is 39.8 Å². The van der Waals surface area contributed by atoms with Gasteiger partial charge in [-0.1, -0.05) is 51.0 Å². The van der Waals surface area contributed by atoms with Gasteiger partial charge >= 0.3 is 0 Å². The highest BCUT2D eigenvalue weighted by atomic mass is 16.5. The molecule has 0 fully saturated rings. The number of ether oxygens (including phenoxy) is 1. The maximum absolute atomic E-state index is 5.84. The van der Waals surface area contributed by atoms with E-state index >= 15 is 0 Å². The van der Waals surface area contributed by atoms with Crippen LogP contribution in [0.5, 0.6) is 0 Å². The van der Waals surface area contributed by atoms with Gasteiger partial charge in [0.15, 0.2) is 0 Å². The van der Waals surface area contributed by atoms with Gasteiger partial charge in [0.25, 0.3) is 0 Å². The molecular weight excluding hydrogens is 220 g/mol. The molecule has 1 nitrogen and oxygen atoms in total. The molecule has 2 aliphatic rings. The second kappa shape index (κ2) is 6.56. The van der Waals surface area contributed by atoms with Crippen LogP contribution in [0, 0.1) is 11.3 Å². The molecule has 0 bridgehead atoms. The van der Waals surface area contributed by atoms with Crippen LogP contribution in [0.15, 0.2) is 23.3 Å². The van der Waals surface area contributed by atoms with E-state index in [1.54, 1.807) is 5.57 Å². The zero-order valence-corrected chi connectivity index (χ0v) is 13.0. The Balaban J connectivity index is 0.000000771. The lowest BCUT2D eigenvalue weighted by atomic mass is 9.75. The van der Waals surface area contributed by atoms with E-state index in [4.69, 9.17) is 4.74 Å². The van der Waals surface area contributed by atoms with Gasteiger partial charge in [-0.05, 0) is 44.4 Å². The molecule has 0 saturated carbocycles. The van der Waals surface area contributed by atoms with Crippen LogP contribution in [-0.2, 0) is 4.74 Å². The van der Waals surface area contributed by atoms with Crippen molar-refractivity contribution in [1.82, 2.24) is 0 Å². The Morgan fingerprint density at radius 1 is 1.28 bits per heavy atom. The van der Waals surface area contributed by atoms with Crippen molar-refractivity contribution in [2.75, 3.05) is 6.61 Å².